The van der Waals surface area contributed by atoms with Gasteiger partial charge in [-0.3, -0.25) is 14.9 Å². The molecule has 0 aromatic carbocycles. The van der Waals surface area contributed by atoms with Gasteiger partial charge in [-0.1, -0.05) is 6.92 Å². The van der Waals surface area contributed by atoms with Crippen LogP contribution in [0.1, 0.15) is 19.2 Å². The van der Waals surface area contributed by atoms with E-state index >= 15 is 0 Å². The van der Waals surface area contributed by atoms with Crippen LogP contribution in [0.5, 0.6) is 0 Å². The summed E-state index contributed by atoms with van der Waals surface area (Å²) in [7, 11) is 0. The number of piperazine rings is 1. The number of aromatic amines is 1. The molecule has 0 aliphatic carbocycles. The second-order valence-corrected chi connectivity index (χ2v) is 5.42. The number of aromatic nitrogens is 4. The van der Waals surface area contributed by atoms with Gasteiger partial charge < -0.3 is 10.2 Å². The minimum Gasteiger partial charge on any atom is -0.339 e. The summed E-state index contributed by atoms with van der Waals surface area (Å²) in [4.78, 5) is 22.6. The van der Waals surface area contributed by atoms with E-state index in [2.05, 4.69) is 32.4 Å². The van der Waals surface area contributed by atoms with Crippen molar-refractivity contribution in [3.8, 4) is 11.4 Å². The third-order valence-electron chi connectivity index (χ3n) is 3.89. The second-order valence-electron chi connectivity index (χ2n) is 5.42. The lowest BCUT2D eigenvalue weighted by molar-refractivity contribution is -0.131. The fraction of sp³-hybridized carbons (Fsp3) is 0.467. The van der Waals surface area contributed by atoms with E-state index in [9.17, 15) is 4.79 Å². The maximum absolute atomic E-state index is 12.4. The van der Waals surface area contributed by atoms with E-state index in [4.69, 9.17) is 0 Å². The molecule has 1 fully saturated rings. The summed E-state index contributed by atoms with van der Waals surface area (Å²) in [6.45, 7) is 4.49. The molecule has 1 atom stereocenters. The van der Waals surface area contributed by atoms with Crippen LogP contribution >= 0.6 is 0 Å². The number of hydrogen-bond donors (Lipinski definition) is 2. The van der Waals surface area contributed by atoms with Gasteiger partial charge in [0.1, 0.15) is 5.82 Å². The Morgan fingerprint density at radius 3 is 3.00 bits per heavy atom. The maximum atomic E-state index is 12.4. The normalized spacial score (nSPS) is 18.4. The van der Waals surface area contributed by atoms with Gasteiger partial charge in [0.2, 0.25) is 5.91 Å². The largest absolute Gasteiger partial charge is 0.339 e. The van der Waals surface area contributed by atoms with Crippen molar-refractivity contribution in [2.75, 3.05) is 19.6 Å². The maximum Gasteiger partial charge on any atom is 0.230 e. The standard InChI is InChI=1S/C15H20N6O/c1-2-12-10-21(8-7-17-12)14(22)9-13-18-15(20-19-13)11-3-5-16-6-4-11/h3-6,12,17H,2,7-10H2,1H3,(H,18,19,20)/t12-/m1/s1. The number of H-pyrrole nitrogens is 1. The highest BCUT2D eigenvalue weighted by Gasteiger charge is 2.23. The molecule has 1 saturated heterocycles. The van der Waals surface area contributed by atoms with Crippen LogP contribution in [0.25, 0.3) is 11.4 Å². The fourth-order valence-corrected chi connectivity index (χ4v) is 2.58. The molecule has 0 saturated carbocycles. The number of carbonyl (C=O) groups is 1. The lowest BCUT2D eigenvalue weighted by Gasteiger charge is -2.33. The zero-order chi connectivity index (χ0) is 15.4. The molecule has 1 amide bonds. The van der Waals surface area contributed by atoms with E-state index < -0.39 is 0 Å². The minimum atomic E-state index is 0.0948. The number of nitrogens with one attached hydrogen (secondary N) is 2. The predicted molar refractivity (Wildman–Crippen MR) is 82.0 cm³/mol. The van der Waals surface area contributed by atoms with Crippen molar-refractivity contribution < 1.29 is 4.79 Å². The Bertz CT molecular complexity index is 626. The van der Waals surface area contributed by atoms with E-state index in [1.807, 2.05) is 17.0 Å². The SMILES string of the molecule is CC[C@@H]1CN(C(=O)Cc2nc(-c3ccncc3)n[nH]2)CCN1. The third-order valence-corrected chi connectivity index (χ3v) is 3.89. The van der Waals surface area contributed by atoms with Gasteiger partial charge in [0, 0.05) is 43.6 Å². The zero-order valence-corrected chi connectivity index (χ0v) is 12.6. The molecule has 2 aromatic heterocycles. The molecule has 3 heterocycles. The van der Waals surface area contributed by atoms with E-state index in [-0.39, 0.29) is 12.3 Å². The molecule has 1 aliphatic heterocycles. The highest BCUT2D eigenvalue weighted by Crippen LogP contribution is 2.13. The van der Waals surface area contributed by atoms with Crippen molar-refractivity contribution in [2.45, 2.75) is 25.8 Å². The lowest BCUT2D eigenvalue weighted by atomic mass is 10.1. The first kappa shape index (κ1) is 14.6. The Hall–Kier alpha value is -2.28. The van der Waals surface area contributed by atoms with Gasteiger partial charge in [-0.05, 0) is 18.6 Å². The van der Waals surface area contributed by atoms with Crippen LogP contribution in [0.2, 0.25) is 0 Å². The van der Waals surface area contributed by atoms with Crippen molar-refractivity contribution >= 4 is 5.91 Å². The van der Waals surface area contributed by atoms with Gasteiger partial charge in [-0.25, -0.2) is 4.98 Å². The van der Waals surface area contributed by atoms with Crippen molar-refractivity contribution in [1.29, 1.82) is 0 Å². The van der Waals surface area contributed by atoms with Crippen LogP contribution < -0.4 is 5.32 Å². The first-order valence-electron chi connectivity index (χ1n) is 7.59. The summed E-state index contributed by atoms with van der Waals surface area (Å²) >= 11 is 0. The van der Waals surface area contributed by atoms with E-state index in [0.29, 0.717) is 17.7 Å². The molecule has 116 valence electrons. The molecular formula is C15H20N6O. The summed E-state index contributed by atoms with van der Waals surface area (Å²) in [6.07, 6.45) is 4.68. The van der Waals surface area contributed by atoms with E-state index in [1.165, 1.54) is 0 Å². The summed E-state index contributed by atoms with van der Waals surface area (Å²) in [5, 5.41) is 10.4. The molecule has 1 aliphatic rings. The number of amides is 1. The molecule has 2 aromatic rings. The Labute approximate surface area is 129 Å². The molecule has 0 bridgehead atoms. The third kappa shape index (κ3) is 3.30. The topological polar surface area (TPSA) is 86.8 Å². The van der Waals surface area contributed by atoms with E-state index in [1.54, 1.807) is 12.4 Å². The highest BCUT2D eigenvalue weighted by atomic mass is 16.2. The number of hydrogen-bond acceptors (Lipinski definition) is 5. The Balaban J connectivity index is 1.64. The van der Waals surface area contributed by atoms with Crippen molar-refractivity contribution in [2.24, 2.45) is 0 Å². The van der Waals surface area contributed by atoms with Crippen LogP contribution in [-0.2, 0) is 11.2 Å². The molecule has 0 unspecified atom stereocenters. The monoisotopic (exact) mass is 300 g/mol. The van der Waals surface area contributed by atoms with Gasteiger partial charge in [0.15, 0.2) is 5.82 Å². The van der Waals surface area contributed by atoms with Crippen molar-refractivity contribution in [1.82, 2.24) is 30.4 Å². The Morgan fingerprint density at radius 2 is 2.23 bits per heavy atom. The van der Waals surface area contributed by atoms with Crippen LogP contribution in [0, 0.1) is 0 Å². The summed E-state index contributed by atoms with van der Waals surface area (Å²) in [5.41, 5.74) is 0.887. The van der Waals surface area contributed by atoms with Crippen molar-refractivity contribution in [3.63, 3.8) is 0 Å². The van der Waals surface area contributed by atoms with Gasteiger partial charge in [0.25, 0.3) is 0 Å². The lowest BCUT2D eigenvalue weighted by Crippen LogP contribution is -2.52. The molecule has 22 heavy (non-hydrogen) atoms. The molecular weight excluding hydrogens is 280 g/mol. The first-order valence-corrected chi connectivity index (χ1v) is 7.59. The number of nitrogens with zero attached hydrogens (tertiary/aromatic N) is 4. The highest BCUT2D eigenvalue weighted by molar-refractivity contribution is 5.78. The Morgan fingerprint density at radius 1 is 1.41 bits per heavy atom. The molecule has 0 spiro atoms. The summed E-state index contributed by atoms with van der Waals surface area (Å²) in [5.74, 6) is 1.29. The number of carbonyl (C=O) groups excluding carboxylic acids is 1. The van der Waals surface area contributed by atoms with Crippen LogP contribution in [0.4, 0.5) is 0 Å². The van der Waals surface area contributed by atoms with Gasteiger partial charge in [-0.15, -0.1) is 0 Å². The van der Waals surface area contributed by atoms with Crippen molar-refractivity contribution in [3.05, 3.63) is 30.4 Å². The predicted octanol–water partition coefficient (Wildman–Crippen LogP) is 0.620. The van der Waals surface area contributed by atoms with E-state index in [0.717, 1.165) is 31.6 Å². The van der Waals surface area contributed by atoms with Crippen LogP contribution in [-0.4, -0.2) is 56.6 Å². The van der Waals surface area contributed by atoms with Gasteiger partial charge in [0.05, 0.1) is 6.42 Å². The Kier molecular flexibility index (Phi) is 4.43. The minimum absolute atomic E-state index is 0.0948. The smallest absolute Gasteiger partial charge is 0.230 e. The molecule has 7 heteroatoms. The number of rotatable bonds is 4. The quantitative estimate of drug-likeness (QED) is 0.864. The summed E-state index contributed by atoms with van der Waals surface area (Å²) in [6, 6.07) is 4.08. The molecule has 0 radical (unpaired) electrons. The van der Waals surface area contributed by atoms with Crippen LogP contribution in [0.15, 0.2) is 24.5 Å². The van der Waals surface area contributed by atoms with Gasteiger partial charge >= 0.3 is 0 Å². The molecule has 3 rings (SSSR count). The zero-order valence-electron chi connectivity index (χ0n) is 12.6. The average molecular weight is 300 g/mol. The van der Waals surface area contributed by atoms with Gasteiger partial charge in [-0.2, -0.15) is 5.10 Å². The summed E-state index contributed by atoms with van der Waals surface area (Å²) < 4.78 is 0. The fourth-order valence-electron chi connectivity index (χ4n) is 2.58. The molecule has 2 N–H and O–H groups in total. The first-order chi connectivity index (χ1) is 10.8. The average Bonchev–Trinajstić information content (AvgIpc) is 3.04. The number of pyridine rings is 1. The molecule has 7 nitrogen and oxygen atoms in total. The second kappa shape index (κ2) is 6.65. The van der Waals surface area contributed by atoms with Crippen LogP contribution in [0.3, 0.4) is 0 Å².